The zero-order chi connectivity index (χ0) is 19.4. The molecule has 0 aliphatic heterocycles. The third-order valence-corrected chi connectivity index (χ3v) is 4.40. The Labute approximate surface area is 156 Å². The monoisotopic (exact) mass is 364 g/mol. The zero-order valence-electron chi connectivity index (χ0n) is 15.1. The molecule has 1 N–H and O–H groups in total. The maximum absolute atomic E-state index is 12.4. The molecule has 3 aromatic rings. The molecule has 0 heterocycles. The van der Waals surface area contributed by atoms with Crippen molar-refractivity contribution in [1.82, 2.24) is 0 Å². The van der Waals surface area contributed by atoms with Gasteiger partial charge in [-0.15, -0.1) is 0 Å². The minimum absolute atomic E-state index is 0.181. The number of methoxy groups -OCH3 is 1. The van der Waals surface area contributed by atoms with E-state index in [9.17, 15) is 14.4 Å². The number of para-hydroxylation sites is 1. The molecule has 0 saturated carbocycles. The average Bonchev–Trinajstić information content (AvgIpc) is 2.73. The quantitative estimate of drug-likeness (QED) is 0.513. The van der Waals surface area contributed by atoms with Crippen molar-refractivity contribution in [3.05, 3.63) is 86.7 Å². The largest absolute Gasteiger partial charge is 0.467 e. The van der Waals surface area contributed by atoms with Crippen molar-refractivity contribution in [2.24, 2.45) is 0 Å². The lowest BCUT2D eigenvalue weighted by Gasteiger charge is -2.31. The second-order valence-electron chi connectivity index (χ2n) is 6.13. The van der Waals surface area contributed by atoms with Crippen molar-refractivity contribution in [2.75, 3.05) is 17.3 Å². The summed E-state index contributed by atoms with van der Waals surface area (Å²) in [6, 6.07) is 17.8. The minimum Gasteiger partial charge on any atom is -0.467 e. The molecule has 0 aliphatic carbocycles. The van der Waals surface area contributed by atoms with Crippen LogP contribution in [0.2, 0.25) is 0 Å². The third kappa shape index (κ3) is 3.60. The summed E-state index contributed by atoms with van der Waals surface area (Å²) in [4.78, 5) is 38.2. The highest BCUT2D eigenvalue weighted by molar-refractivity contribution is 5.88. The molecule has 0 saturated heterocycles. The Kier molecular flexibility index (Phi) is 5.35. The van der Waals surface area contributed by atoms with Crippen LogP contribution in [-0.4, -0.2) is 19.1 Å². The van der Waals surface area contributed by atoms with Crippen LogP contribution in [0, 0.1) is 0 Å². The molecule has 0 bridgehead atoms. The lowest BCUT2D eigenvalue weighted by atomic mass is 10.1. The summed E-state index contributed by atoms with van der Waals surface area (Å²) in [6.45, 7) is 2.03. The van der Waals surface area contributed by atoms with Gasteiger partial charge in [-0.05, 0) is 24.6 Å². The van der Waals surface area contributed by atoms with Crippen LogP contribution in [0.4, 0.5) is 17.1 Å². The first-order valence-electron chi connectivity index (χ1n) is 8.57. The standard InChI is InChI=1S/C21H20N2O4/c1-14(21(26)27-2)23(16-11-7-4-8-12-16)18-17(19(24)20(18)25)22-13-15-9-5-3-6-10-15/h3-12,14,22H,13H2,1-2H3/t14-/m0/s1. The van der Waals surface area contributed by atoms with Crippen LogP contribution in [0.5, 0.6) is 0 Å². The Morgan fingerprint density at radius 1 is 1.00 bits per heavy atom. The van der Waals surface area contributed by atoms with Gasteiger partial charge in [0.1, 0.15) is 17.4 Å². The van der Waals surface area contributed by atoms with Crippen LogP contribution in [0.15, 0.2) is 70.3 Å². The number of rotatable bonds is 7. The predicted octanol–water partition coefficient (Wildman–Crippen LogP) is 2.59. The molecule has 0 amide bonds. The van der Waals surface area contributed by atoms with E-state index >= 15 is 0 Å². The van der Waals surface area contributed by atoms with Gasteiger partial charge in [-0.2, -0.15) is 0 Å². The fourth-order valence-corrected chi connectivity index (χ4v) is 2.97. The van der Waals surface area contributed by atoms with E-state index in [0.717, 1.165) is 5.56 Å². The normalized spacial score (nSPS) is 11.8. The highest BCUT2D eigenvalue weighted by atomic mass is 16.5. The number of ether oxygens (including phenoxy) is 1. The Balaban J connectivity index is 1.98. The Bertz CT molecular complexity index is 992. The first-order valence-corrected chi connectivity index (χ1v) is 8.57. The topological polar surface area (TPSA) is 75.7 Å². The lowest BCUT2D eigenvalue weighted by Crippen LogP contribution is -2.46. The second kappa shape index (κ2) is 7.86. The van der Waals surface area contributed by atoms with E-state index in [4.69, 9.17) is 4.74 Å². The zero-order valence-corrected chi connectivity index (χ0v) is 15.1. The van der Waals surface area contributed by atoms with E-state index in [1.165, 1.54) is 7.11 Å². The Morgan fingerprint density at radius 3 is 2.19 bits per heavy atom. The summed E-state index contributed by atoms with van der Waals surface area (Å²) < 4.78 is 4.84. The first-order chi connectivity index (χ1) is 13.0. The smallest absolute Gasteiger partial charge is 0.328 e. The summed E-state index contributed by atoms with van der Waals surface area (Å²) in [5, 5.41) is 3.04. The number of hydrogen-bond acceptors (Lipinski definition) is 6. The fraction of sp³-hybridized carbons (Fsp3) is 0.190. The van der Waals surface area contributed by atoms with Crippen LogP contribution in [-0.2, 0) is 16.1 Å². The summed E-state index contributed by atoms with van der Waals surface area (Å²) in [5.41, 5.74) is 0.793. The number of carbonyl (C=O) groups excluding carboxylic acids is 1. The van der Waals surface area contributed by atoms with Crippen LogP contribution in [0.1, 0.15) is 12.5 Å². The molecule has 0 fully saturated rings. The van der Waals surface area contributed by atoms with Gasteiger partial charge in [0, 0.05) is 12.2 Å². The van der Waals surface area contributed by atoms with Crippen LogP contribution < -0.4 is 21.1 Å². The first kappa shape index (κ1) is 18.4. The number of esters is 1. The highest BCUT2D eigenvalue weighted by Crippen LogP contribution is 2.31. The highest BCUT2D eigenvalue weighted by Gasteiger charge is 2.33. The molecule has 0 unspecified atom stereocenters. The van der Waals surface area contributed by atoms with Gasteiger partial charge in [-0.3, -0.25) is 9.59 Å². The van der Waals surface area contributed by atoms with Crippen molar-refractivity contribution in [3.8, 4) is 0 Å². The van der Waals surface area contributed by atoms with Gasteiger partial charge in [0.15, 0.2) is 0 Å². The van der Waals surface area contributed by atoms with Crippen LogP contribution in [0.3, 0.4) is 0 Å². The second-order valence-corrected chi connectivity index (χ2v) is 6.13. The number of anilines is 3. The van der Waals surface area contributed by atoms with Gasteiger partial charge in [-0.25, -0.2) is 4.79 Å². The number of nitrogens with zero attached hydrogens (tertiary/aromatic N) is 1. The molecule has 138 valence electrons. The molecule has 0 spiro atoms. The molecule has 1 atom stereocenters. The predicted molar refractivity (Wildman–Crippen MR) is 105 cm³/mol. The maximum Gasteiger partial charge on any atom is 0.328 e. The summed E-state index contributed by atoms with van der Waals surface area (Å²) in [5.74, 6) is -0.499. The molecule has 6 heteroatoms. The van der Waals surface area contributed by atoms with Gasteiger partial charge in [-0.1, -0.05) is 48.5 Å². The Morgan fingerprint density at radius 2 is 1.59 bits per heavy atom. The summed E-state index contributed by atoms with van der Waals surface area (Å²) >= 11 is 0. The van der Waals surface area contributed by atoms with Crippen LogP contribution in [0.25, 0.3) is 0 Å². The maximum atomic E-state index is 12.4. The van der Waals surface area contributed by atoms with Gasteiger partial charge in [0.2, 0.25) is 0 Å². The summed E-state index contributed by atoms with van der Waals surface area (Å²) in [7, 11) is 1.29. The molecule has 0 radical (unpaired) electrons. The van der Waals surface area contributed by atoms with Gasteiger partial charge in [0.05, 0.1) is 7.11 Å². The Hall–Kier alpha value is -3.41. The van der Waals surface area contributed by atoms with E-state index in [-0.39, 0.29) is 11.4 Å². The number of hydrogen-bond donors (Lipinski definition) is 1. The van der Waals surface area contributed by atoms with E-state index < -0.39 is 22.9 Å². The lowest BCUT2D eigenvalue weighted by molar-refractivity contribution is -0.141. The van der Waals surface area contributed by atoms with Gasteiger partial charge >= 0.3 is 5.97 Å². The van der Waals surface area contributed by atoms with Crippen molar-refractivity contribution in [1.29, 1.82) is 0 Å². The van der Waals surface area contributed by atoms with Crippen molar-refractivity contribution in [3.63, 3.8) is 0 Å². The third-order valence-electron chi connectivity index (χ3n) is 4.40. The molecule has 3 rings (SSSR count). The van der Waals surface area contributed by atoms with Crippen molar-refractivity contribution < 1.29 is 9.53 Å². The summed E-state index contributed by atoms with van der Waals surface area (Å²) in [6.07, 6.45) is 0. The molecule has 6 nitrogen and oxygen atoms in total. The van der Waals surface area contributed by atoms with Gasteiger partial charge < -0.3 is 15.0 Å². The molecule has 27 heavy (non-hydrogen) atoms. The van der Waals surface area contributed by atoms with E-state index in [1.807, 2.05) is 36.4 Å². The SMILES string of the molecule is COC(=O)[C@H](C)N(c1ccccc1)c1c(NCc2ccccc2)c(=O)c1=O. The van der Waals surface area contributed by atoms with E-state index in [1.54, 1.807) is 36.1 Å². The fourth-order valence-electron chi connectivity index (χ4n) is 2.97. The minimum atomic E-state index is -0.766. The number of benzene rings is 2. The molecular formula is C21H20N2O4. The molecule has 0 aromatic heterocycles. The van der Waals surface area contributed by atoms with Crippen molar-refractivity contribution >= 4 is 23.0 Å². The average molecular weight is 364 g/mol. The molecular weight excluding hydrogens is 344 g/mol. The van der Waals surface area contributed by atoms with E-state index in [0.29, 0.717) is 12.2 Å². The number of nitrogens with one attached hydrogen (secondary N) is 1. The van der Waals surface area contributed by atoms with Crippen LogP contribution >= 0.6 is 0 Å². The number of carbonyl (C=O) groups is 1. The van der Waals surface area contributed by atoms with E-state index in [2.05, 4.69) is 5.32 Å². The molecule has 0 aliphatic rings. The van der Waals surface area contributed by atoms with Crippen molar-refractivity contribution in [2.45, 2.75) is 19.5 Å². The molecule has 3 aromatic carbocycles. The van der Waals surface area contributed by atoms with Gasteiger partial charge in [0.25, 0.3) is 10.9 Å².